The molecule has 1 N–H and O–H groups in total. The maximum absolute atomic E-state index is 4.95. The topological polar surface area (TPSA) is 54.2 Å². The predicted octanol–water partition coefficient (Wildman–Crippen LogP) is 0.562. The van der Waals surface area contributed by atoms with Gasteiger partial charge in [-0.1, -0.05) is 5.16 Å². The molecule has 2 rings (SSSR count). The number of hydrogen-bond donors (Lipinski definition) is 1. The second-order valence-electron chi connectivity index (χ2n) is 4.14. The summed E-state index contributed by atoms with van der Waals surface area (Å²) in [5.41, 5.74) is 0. The average molecular weight is 210 g/mol. The highest BCUT2D eigenvalue weighted by Crippen LogP contribution is 2.10. The van der Waals surface area contributed by atoms with Crippen LogP contribution in [0.3, 0.4) is 0 Å². The fourth-order valence-electron chi connectivity index (χ4n) is 1.97. The number of aryl methyl sites for hydroxylation is 1. The lowest BCUT2D eigenvalue weighted by Crippen LogP contribution is -2.43. The first-order valence-electron chi connectivity index (χ1n) is 5.46. The quantitative estimate of drug-likeness (QED) is 0.790. The summed E-state index contributed by atoms with van der Waals surface area (Å²) in [6.07, 6.45) is 2.50. The maximum Gasteiger partial charge on any atom is 0.223 e. The lowest BCUT2D eigenvalue weighted by atomic mass is 10.1. The first kappa shape index (κ1) is 10.6. The van der Waals surface area contributed by atoms with Crippen LogP contribution in [0.4, 0.5) is 0 Å². The van der Waals surface area contributed by atoms with Crippen LogP contribution in [0, 0.1) is 6.92 Å². The number of nitrogens with zero attached hydrogens (tertiary/aromatic N) is 3. The molecule has 1 aromatic rings. The molecule has 5 heteroatoms. The van der Waals surface area contributed by atoms with Crippen molar-refractivity contribution >= 4 is 0 Å². The molecule has 1 fully saturated rings. The molecular weight excluding hydrogens is 192 g/mol. The minimum Gasteiger partial charge on any atom is -0.340 e. The van der Waals surface area contributed by atoms with Crippen molar-refractivity contribution in [2.45, 2.75) is 32.4 Å². The van der Waals surface area contributed by atoms with Crippen LogP contribution in [0.25, 0.3) is 0 Å². The van der Waals surface area contributed by atoms with Gasteiger partial charge in [0.15, 0.2) is 5.82 Å². The molecule has 1 unspecified atom stereocenters. The fraction of sp³-hybridized carbons (Fsp3) is 0.800. The van der Waals surface area contributed by atoms with E-state index in [0.29, 0.717) is 11.9 Å². The molecule has 0 saturated carbocycles. The Balaban J connectivity index is 1.88. The third-order valence-electron chi connectivity index (χ3n) is 2.85. The standard InChI is InChI=1S/C10H18N4O/c1-8-12-10(13-15-8)7-14(2)9-4-3-5-11-6-9/h9,11H,3-7H2,1-2H3. The van der Waals surface area contributed by atoms with E-state index in [-0.39, 0.29) is 0 Å². The summed E-state index contributed by atoms with van der Waals surface area (Å²) in [5, 5.41) is 7.30. The zero-order valence-electron chi connectivity index (χ0n) is 9.36. The number of nitrogens with one attached hydrogen (secondary N) is 1. The number of hydrogen-bond acceptors (Lipinski definition) is 5. The number of piperidine rings is 1. The van der Waals surface area contributed by atoms with E-state index < -0.39 is 0 Å². The maximum atomic E-state index is 4.95. The Morgan fingerprint density at radius 2 is 2.47 bits per heavy atom. The van der Waals surface area contributed by atoms with Crippen LogP contribution in [0.1, 0.15) is 24.6 Å². The van der Waals surface area contributed by atoms with Crippen LogP contribution in [0.2, 0.25) is 0 Å². The van der Waals surface area contributed by atoms with Gasteiger partial charge in [0.25, 0.3) is 0 Å². The predicted molar refractivity (Wildman–Crippen MR) is 56.4 cm³/mol. The first-order valence-corrected chi connectivity index (χ1v) is 5.46. The van der Waals surface area contributed by atoms with E-state index >= 15 is 0 Å². The molecule has 0 radical (unpaired) electrons. The molecule has 0 aliphatic carbocycles. The molecule has 0 spiro atoms. The second kappa shape index (κ2) is 4.72. The highest BCUT2D eigenvalue weighted by molar-refractivity contribution is 4.86. The van der Waals surface area contributed by atoms with E-state index in [2.05, 4.69) is 27.4 Å². The molecule has 5 nitrogen and oxygen atoms in total. The van der Waals surface area contributed by atoms with Crippen LogP contribution >= 0.6 is 0 Å². The van der Waals surface area contributed by atoms with Gasteiger partial charge >= 0.3 is 0 Å². The Morgan fingerprint density at radius 3 is 3.07 bits per heavy atom. The Bertz CT molecular complexity index is 306. The molecule has 0 bridgehead atoms. The summed E-state index contributed by atoms with van der Waals surface area (Å²) >= 11 is 0. The minimum atomic E-state index is 0.595. The van der Waals surface area contributed by atoms with Crippen LogP contribution in [0.15, 0.2) is 4.52 Å². The van der Waals surface area contributed by atoms with Crippen molar-refractivity contribution in [3.63, 3.8) is 0 Å². The lowest BCUT2D eigenvalue weighted by Gasteiger charge is -2.30. The van der Waals surface area contributed by atoms with Crippen molar-refractivity contribution < 1.29 is 4.52 Å². The Morgan fingerprint density at radius 1 is 1.60 bits per heavy atom. The molecule has 2 heterocycles. The van der Waals surface area contributed by atoms with Crippen molar-refractivity contribution in [1.29, 1.82) is 0 Å². The molecule has 84 valence electrons. The summed E-state index contributed by atoms with van der Waals surface area (Å²) in [7, 11) is 2.11. The van der Waals surface area contributed by atoms with Gasteiger partial charge < -0.3 is 9.84 Å². The Labute approximate surface area is 89.8 Å². The smallest absolute Gasteiger partial charge is 0.223 e. The van der Waals surface area contributed by atoms with Gasteiger partial charge in [-0.2, -0.15) is 4.98 Å². The summed E-state index contributed by atoms with van der Waals surface area (Å²) in [4.78, 5) is 6.49. The van der Waals surface area contributed by atoms with Gasteiger partial charge in [-0.15, -0.1) is 0 Å². The fourth-order valence-corrected chi connectivity index (χ4v) is 1.97. The monoisotopic (exact) mass is 210 g/mol. The van der Waals surface area contributed by atoms with E-state index in [1.54, 1.807) is 0 Å². The molecule has 1 aromatic heterocycles. The summed E-state index contributed by atoms with van der Waals surface area (Å²) in [6, 6.07) is 0.595. The number of likely N-dealkylation sites (N-methyl/N-ethyl adjacent to an activating group) is 1. The van der Waals surface area contributed by atoms with E-state index in [4.69, 9.17) is 4.52 Å². The third-order valence-corrected chi connectivity index (χ3v) is 2.85. The molecule has 15 heavy (non-hydrogen) atoms. The molecule has 1 aliphatic rings. The van der Waals surface area contributed by atoms with Crippen molar-refractivity contribution in [3.8, 4) is 0 Å². The highest BCUT2D eigenvalue weighted by atomic mass is 16.5. The zero-order valence-corrected chi connectivity index (χ0v) is 9.36. The van der Waals surface area contributed by atoms with Gasteiger partial charge in [0.2, 0.25) is 5.89 Å². The second-order valence-corrected chi connectivity index (χ2v) is 4.14. The molecule has 1 aliphatic heterocycles. The summed E-state index contributed by atoms with van der Waals surface area (Å²) in [6.45, 7) is 4.79. The van der Waals surface area contributed by atoms with E-state index in [9.17, 15) is 0 Å². The summed E-state index contributed by atoms with van der Waals surface area (Å²) < 4.78 is 4.95. The Kier molecular flexibility index (Phi) is 3.33. The number of aromatic nitrogens is 2. The first-order chi connectivity index (χ1) is 7.25. The number of rotatable bonds is 3. The Hall–Kier alpha value is -0.940. The van der Waals surface area contributed by atoms with Gasteiger partial charge in [-0.3, -0.25) is 4.90 Å². The van der Waals surface area contributed by atoms with E-state index in [0.717, 1.165) is 25.5 Å². The van der Waals surface area contributed by atoms with E-state index in [1.807, 2.05) is 6.92 Å². The van der Waals surface area contributed by atoms with Gasteiger partial charge in [0.05, 0.1) is 6.54 Å². The molecule has 1 saturated heterocycles. The van der Waals surface area contributed by atoms with Crippen LogP contribution in [-0.4, -0.2) is 41.2 Å². The van der Waals surface area contributed by atoms with E-state index in [1.165, 1.54) is 12.8 Å². The molecule has 1 atom stereocenters. The average Bonchev–Trinajstić information content (AvgIpc) is 2.65. The molecular formula is C10H18N4O. The zero-order chi connectivity index (χ0) is 10.7. The molecule has 0 amide bonds. The SMILES string of the molecule is Cc1nc(CN(C)C2CCCNC2)no1. The van der Waals surface area contributed by atoms with Crippen LogP contribution in [-0.2, 0) is 6.54 Å². The van der Waals surface area contributed by atoms with Crippen LogP contribution < -0.4 is 5.32 Å². The van der Waals surface area contributed by atoms with Gasteiger partial charge in [-0.25, -0.2) is 0 Å². The molecule has 0 aromatic carbocycles. The largest absolute Gasteiger partial charge is 0.340 e. The highest BCUT2D eigenvalue weighted by Gasteiger charge is 2.18. The summed E-state index contributed by atoms with van der Waals surface area (Å²) in [5.74, 6) is 1.42. The van der Waals surface area contributed by atoms with Crippen molar-refractivity contribution in [1.82, 2.24) is 20.4 Å². The van der Waals surface area contributed by atoms with Crippen molar-refractivity contribution in [2.75, 3.05) is 20.1 Å². The van der Waals surface area contributed by atoms with Gasteiger partial charge in [0, 0.05) is 19.5 Å². The van der Waals surface area contributed by atoms with Crippen molar-refractivity contribution in [3.05, 3.63) is 11.7 Å². The van der Waals surface area contributed by atoms with Crippen LogP contribution in [0.5, 0.6) is 0 Å². The third kappa shape index (κ3) is 2.76. The normalized spacial score (nSPS) is 22.2. The van der Waals surface area contributed by atoms with Gasteiger partial charge in [-0.05, 0) is 26.4 Å². The van der Waals surface area contributed by atoms with Crippen molar-refractivity contribution in [2.24, 2.45) is 0 Å². The van der Waals surface area contributed by atoms with Gasteiger partial charge in [0.1, 0.15) is 0 Å². The lowest BCUT2D eigenvalue weighted by molar-refractivity contribution is 0.190. The minimum absolute atomic E-state index is 0.595.